The summed E-state index contributed by atoms with van der Waals surface area (Å²) < 4.78 is 5.49. The van der Waals surface area contributed by atoms with Crippen LogP contribution in [0.15, 0.2) is 52.6 Å². The molecule has 1 N–H and O–H groups in total. The van der Waals surface area contributed by atoms with Crippen molar-refractivity contribution in [3.63, 3.8) is 0 Å². The normalized spacial score (nSPS) is 13.4. The van der Waals surface area contributed by atoms with Crippen molar-refractivity contribution in [2.24, 2.45) is 10.1 Å². The van der Waals surface area contributed by atoms with Crippen LogP contribution in [-0.2, 0) is 0 Å². The van der Waals surface area contributed by atoms with Gasteiger partial charge in [0.15, 0.2) is 0 Å². The quantitative estimate of drug-likeness (QED) is 0.495. The summed E-state index contributed by atoms with van der Waals surface area (Å²) in [5.74, 6) is 1.01. The van der Waals surface area contributed by atoms with Gasteiger partial charge in [0, 0.05) is 41.9 Å². The Morgan fingerprint density at radius 3 is 2.44 bits per heavy atom. The number of hydrazone groups is 1. The van der Waals surface area contributed by atoms with Gasteiger partial charge in [0.05, 0.1) is 12.8 Å². The van der Waals surface area contributed by atoms with Crippen LogP contribution in [0.5, 0.6) is 5.75 Å². The summed E-state index contributed by atoms with van der Waals surface area (Å²) in [6.45, 7) is 4.26. The van der Waals surface area contributed by atoms with Gasteiger partial charge in [-0.2, -0.15) is 5.10 Å². The Kier molecular flexibility index (Phi) is 7.86. The van der Waals surface area contributed by atoms with Crippen molar-refractivity contribution in [1.29, 1.82) is 0 Å². The first-order chi connectivity index (χ1) is 13.0. The first kappa shape index (κ1) is 21.0. The van der Waals surface area contributed by atoms with Gasteiger partial charge in [0.25, 0.3) is 0 Å². The Balaban J connectivity index is 2.65. The first-order valence-corrected chi connectivity index (χ1v) is 9.55. The molecule has 5 heteroatoms. The summed E-state index contributed by atoms with van der Waals surface area (Å²) in [6.07, 6.45) is 2.07. The van der Waals surface area contributed by atoms with E-state index in [0.717, 1.165) is 41.1 Å². The molecule has 2 aromatic carbocycles. The molecule has 0 aromatic heterocycles. The SMILES string of the molecule is CCCC(/C(C)=N\NC)c1ccc(OC)cc1C(=NC)c1ccc(Cl)cc1. The summed E-state index contributed by atoms with van der Waals surface area (Å²) in [5, 5.41) is 5.16. The van der Waals surface area contributed by atoms with E-state index in [2.05, 4.69) is 41.5 Å². The molecule has 0 saturated heterocycles. The Hall–Kier alpha value is -2.33. The minimum Gasteiger partial charge on any atom is -0.497 e. The molecule has 0 heterocycles. The van der Waals surface area contributed by atoms with E-state index in [1.165, 1.54) is 5.56 Å². The van der Waals surface area contributed by atoms with Crippen LogP contribution in [-0.4, -0.2) is 32.6 Å². The molecule has 0 aliphatic rings. The summed E-state index contributed by atoms with van der Waals surface area (Å²) in [5.41, 5.74) is 8.17. The van der Waals surface area contributed by atoms with Crippen LogP contribution >= 0.6 is 11.6 Å². The van der Waals surface area contributed by atoms with Crippen molar-refractivity contribution < 1.29 is 4.74 Å². The molecule has 0 saturated carbocycles. The second-order valence-electron chi connectivity index (χ2n) is 6.35. The third-order valence-electron chi connectivity index (χ3n) is 4.60. The van der Waals surface area contributed by atoms with Crippen molar-refractivity contribution in [2.75, 3.05) is 21.2 Å². The third-order valence-corrected chi connectivity index (χ3v) is 4.85. The minimum absolute atomic E-state index is 0.201. The molecule has 0 radical (unpaired) electrons. The van der Waals surface area contributed by atoms with Crippen molar-refractivity contribution in [3.05, 3.63) is 64.2 Å². The van der Waals surface area contributed by atoms with Crippen LogP contribution in [0, 0.1) is 0 Å². The van der Waals surface area contributed by atoms with Gasteiger partial charge in [0.2, 0.25) is 0 Å². The number of aliphatic imine (C=N–C) groups is 1. The molecule has 0 amide bonds. The van der Waals surface area contributed by atoms with E-state index in [9.17, 15) is 0 Å². The summed E-state index contributed by atoms with van der Waals surface area (Å²) >= 11 is 6.07. The largest absolute Gasteiger partial charge is 0.497 e. The van der Waals surface area contributed by atoms with Gasteiger partial charge in [-0.05, 0) is 43.2 Å². The molecule has 1 unspecified atom stereocenters. The van der Waals surface area contributed by atoms with Gasteiger partial charge in [-0.25, -0.2) is 0 Å². The lowest BCUT2D eigenvalue weighted by Gasteiger charge is -2.22. The van der Waals surface area contributed by atoms with Crippen molar-refractivity contribution in [1.82, 2.24) is 5.43 Å². The molecule has 0 aliphatic carbocycles. The molecular weight excluding hydrogens is 358 g/mol. The maximum Gasteiger partial charge on any atom is 0.119 e. The Morgan fingerprint density at radius 1 is 1.19 bits per heavy atom. The third kappa shape index (κ3) is 5.10. The van der Waals surface area contributed by atoms with E-state index >= 15 is 0 Å². The number of benzene rings is 2. The number of ether oxygens (including phenoxy) is 1. The van der Waals surface area contributed by atoms with E-state index in [4.69, 9.17) is 16.3 Å². The number of methoxy groups -OCH3 is 1. The van der Waals surface area contributed by atoms with Crippen LogP contribution in [0.2, 0.25) is 5.02 Å². The van der Waals surface area contributed by atoms with E-state index in [1.54, 1.807) is 7.11 Å². The highest BCUT2D eigenvalue weighted by Crippen LogP contribution is 2.31. The number of halogens is 1. The average molecular weight is 386 g/mol. The van der Waals surface area contributed by atoms with E-state index in [0.29, 0.717) is 5.02 Å². The lowest BCUT2D eigenvalue weighted by Crippen LogP contribution is -2.17. The van der Waals surface area contributed by atoms with Gasteiger partial charge in [-0.15, -0.1) is 0 Å². The van der Waals surface area contributed by atoms with Crippen molar-refractivity contribution >= 4 is 23.0 Å². The van der Waals surface area contributed by atoms with Gasteiger partial charge in [-0.3, -0.25) is 4.99 Å². The van der Waals surface area contributed by atoms with Crippen LogP contribution in [0.4, 0.5) is 0 Å². The van der Waals surface area contributed by atoms with Crippen LogP contribution < -0.4 is 10.2 Å². The number of rotatable bonds is 8. The molecule has 144 valence electrons. The van der Waals surface area contributed by atoms with Crippen molar-refractivity contribution in [2.45, 2.75) is 32.6 Å². The van der Waals surface area contributed by atoms with Crippen LogP contribution in [0.1, 0.15) is 49.3 Å². The molecule has 0 fully saturated rings. The van der Waals surface area contributed by atoms with E-state index in [1.807, 2.05) is 44.4 Å². The van der Waals surface area contributed by atoms with Gasteiger partial charge < -0.3 is 10.2 Å². The fraction of sp³-hybridized carbons (Fsp3) is 0.364. The smallest absolute Gasteiger partial charge is 0.119 e. The van der Waals surface area contributed by atoms with E-state index in [-0.39, 0.29) is 5.92 Å². The number of nitrogens with zero attached hydrogens (tertiary/aromatic N) is 2. The molecule has 1 atom stereocenters. The van der Waals surface area contributed by atoms with Gasteiger partial charge >= 0.3 is 0 Å². The molecule has 27 heavy (non-hydrogen) atoms. The fourth-order valence-corrected chi connectivity index (χ4v) is 3.44. The van der Waals surface area contributed by atoms with Gasteiger partial charge in [0.1, 0.15) is 5.75 Å². The lowest BCUT2D eigenvalue weighted by atomic mass is 9.84. The summed E-state index contributed by atoms with van der Waals surface area (Å²) in [7, 11) is 5.33. The summed E-state index contributed by atoms with van der Waals surface area (Å²) in [6, 6.07) is 14.0. The maximum absolute atomic E-state index is 6.07. The maximum atomic E-state index is 6.07. The van der Waals surface area contributed by atoms with Crippen molar-refractivity contribution in [3.8, 4) is 5.75 Å². The fourth-order valence-electron chi connectivity index (χ4n) is 3.32. The molecule has 0 spiro atoms. The highest BCUT2D eigenvalue weighted by molar-refractivity contribution is 6.30. The average Bonchev–Trinajstić information content (AvgIpc) is 2.68. The topological polar surface area (TPSA) is 46.0 Å². The zero-order valence-corrected chi connectivity index (χ0v) is 17.5. The number of hydrogen-bond donors (Lipinski definition) is 1. The highest BCUT2D eigenvalue weighted by atomic mass is 35.5. The zero-order valence-electron chi connectivity index (χ0n) is 16.7. The predicted octanol–water partition coefficient (Wildman–Crippen LogP) is 5.29. The molecular formula is C22H28ClN3O. The highest BCUT2D eigenvalue weighted by Gasteiger charge is 2.22. The number of nitrogens with one attached hydrogen (secondary N) is 1. The predicted molar refractivity (Wildman–Crippen MR) is 116 cm³/mol. The monoisotopic (exact) mass is 385 g/mol. The Morgan fingerprint density at radius 2 is 1.89 bits per heavy atom. The molecule has 4 nitrogen and oxygen atoms in total. The second kappa shape index (κ2) is 10.1. The lowest BCUT2D eigenvalue weighted by molar-refractivity contribution is 0.414. The minimum atomic E-state index is 0.201. The Labute approximate surface area is 167 Å². The van der Waals surface area contributed by atoms with Crippen LogP contribution in [0.25, 0.3) is 0 Å². The zero-order chi connectivity index (χ0) is 19.8. The number of hydrogen-bond acceptors (Lipinski definition) is 4. The van der Waals surface area contributed by atoms with E-state index < -0.39 is 0 Å². The Bertz CT molecular complexity index is 813. The molecule has 0 bridgehead atoms. The summed E-state index contributed by atoms with van der Waals surface area (Å²) in [4.78, 5) is 4.60. The first-order valence-electron chi connectivity index (χ1n) is 9.17. The molecule has 2 aromatic rings. The van der Waals surface area contributed by atoms with Crippen LogP contribution in [0.3, 0.4) is 0 Å². The second-order valence-corrected chi connectivity index (χ2v) is 6.79. The van der Waals surface area contributed by atoms with Gasteiger partial charge in [-0.1, -0.05) is 43.1 Å². The standard InChI is InChI=1S/C22H28ClN3O/c1-6-7-19(15(2)26-25-4)20-13-12-18(27-5)14-21(20)22(24-3)16-8-10-17(23)11-9-16/h8-14,19,25H,6-7H2,1-5H3/b24-22?,26-15-. The molecule has 0 aliphatic heterocycles. The molecule has 2 rings (SSSR count).